The molecule has 1 aromatic rings. The highest BCUT2D eigenvalue weighted by molar-refractivity contribution is 6.04. The first-order chi connectivity index (χ1) is 4.79. The Balaban J connectivity index is 0.000000371. The monoisotopic (exact) mass is 159 g/mol. The number of hydrogen-bond donors (Lipinski definition) is 2. The molecule has 0 unspecified atom stereocenters. The highest BCUT2D eigenvalue weighted by Crippen LogP contribution is 2.02. The Morgan fingerprint density at radius 1 is 1.20 bits per heavy atom. The average molecular weight is 160 g/mol. The van der Waals surface area contributed by atoms with Crippen LogP contribution in [0, 0.1) is 6.92 Å². The summed E-state index contributed by atoms with van der Waals surface area (Å²) in [6, 6.07) is 7.79. The first-order valence-electron chi connectivity index (χ1n) is 2.78. The summed E-state index contributed by atoms with van der Waals surface area (Å²) in [4.78, 5) is 0. The molecule has 10 heavy (non-hydrogen) atoms. The maximum atomic E-state index is 6.47. The fourth-order valence-corrected chi connectivity index (χ4v) is 0.566. The molecule has 0 aliphatic carbocycles. The predicted octanol–water partition coefficient (Wildman–Crippen LogP) is 1.71. The number of anilines is 1. The minimum Gasteiger partial charge on any atom is -0.399 e. The topological polar surface area (TPSA) is 46.2 Å². The molecule has 0 saturated carbocycles. The molecule has 0 aromatic heterocycles. The van der Waals surface area contributed by atoms with Crippen LogP contribution in [-0.4, -0.2) is 4.66 Å². The van der Waals surface area contributed by atoms with E-state index < -0.39 is 0 Å². The third-order valence-electron chi connectivity index (χ3n) is 1.08. The third kappa shape index (κ3) is 3.33. The van der Waals surface area contributed by atoms with E-state index in [2.05, 4.69) is 11.9 Å². The van der Waals surface area contributed by atoms with Crippen LogP contribution in [0.15, 0.2) is 24.3 Å². The Labute approximate surface area is 65.4 Å². The molecule has 0 saturated heterocycles. The van der Waals surface area contributed by atoms with Crippen molar-refractivity contribution in [1.82, 2.24) is 0 Å². The molecule has 0 spiro atoms. The summed E-state index contributed by atoms with van der Waals surface area (Å²) in [6.45, 7) is 2.04. The fourth-order valence-electron chi connectivity index (χ4n) is 0.566. The second-order valence-electron chi connectivity index (χ2n) is 1.91. The van der Waals surface area contributed by atoms with E-state index in [1.54, 1.807) is 0 Å². The van der Waals surface area contributed by atoms with Gasteiger partial charge in [0.15, 0.2) is 0 Å². The standard InChI is InChI=1S/C7H9N.ClHO/c1-6-2-4-7(8)5-3-6;1-2/h2-5H,8H2,1H3;2H. The summed E-state index contributed by atoms with van der Waals surface area (Å²) < 4.78 is 6.47. The molecule has 3 N–H and O–H groups in total. The van der Waals surface area contributed by atoms with Crippen molar-refractivity contribution in [1.29, 1.82) is 0 Å². The van der Waals surface area contributed by atoms with Gasteiger partial charge in [-0.3, -0.25) is 4.66 Å². The maximum absolute atomic E-state index is 6.47. The summed E-state index contributed by atoms with van der Waals surface area (Å²) in [5.74, 6) is 0. The SMILES string of the molecule is Cc1ccc(N)cc1.OCl. The highest BCUT2D eigenvalue weighted by Gasteiger charge is 1.80. The van der Waals surface area contributed by atoms with E-state index >= 15 is 0 Å². The zero-order valence-corrected chi connectivity index (χ0v) is 6.47. The lowest BCUT2D eigenvalue weighted by Crippen LogP contribution is -1.81. The van der Waals surface area contributed by atoms with Gasteiger partial charge >= 0.3 is 0 Å². The van der Waals surface area contributed by atoms with Crippen LogP contribution in [0.1, 0.15) is 5.56 Å². The lowest BCUT2D eigenvalue weighted by atomic mass is 10.2. The van der Waals surface area contributed by atoms with Crippen molar-refractivity contribution in [2.75, 3.05) is 5.73 Å². The van der Waals surface area contributed by atoms with Gasteiger partial charge in [0.25, 0.3) is 0 Å². The van der Waals surface area contributed by atoms with Gasteiger partial charge in [-0.05, 0) is 19.1 Å². The molecular formula is C7H10ClNO. The molecule has 2 nitrogen and oxygen atoms in total. The minimum absolute atomic E-state index is 0.829. The number of nitrogens with two attached hydrogens (primary N) is 1. The van der Waals surface area contributed by atoms with E-state index in [0.717, 1.165) is 5.69 Å². The second kappa shape index (κ2) is 5.09. The molecule has 0 bridgehead atoms. The van der Waals surface area contributed by atoms with E-state index in [1.165, 1.54) is 5.56 Å². The van der Waals surface area contributed by atoms with Crippen LogP contribution in [0.5, 0.6) is 0 Å². The predicted molar refractivity (Wildman–Crippen MR) is 43.7 cm³/mol. The van der Waals surface area contributed by atoms with Crippen molar-refractivity contribution >= 4 is 17.6 Å². The molecule has 0 heterocycles. The summed E-state index contributed by atoms with van der Waals surface area (Å²) in [5.41, 5.74) is 7.51. The van der Waals surface area contributed by atoms with Crippen molar-refractivity contribution in [3.05, 3.63) is 29.8 Å². The number of rotatable bonds is 0. The molecule has 0 fully saturated rings. The number of hydrogen-bond acceptors (Lipinski definition) is 2. The zero-order valence-electron chi connectivity index (χ0n) is 5.71. The van der Waals surface area contributed by atoms with Crippen molar-refractivity contribution in [2.45, 2.75) is 6.92 Å². The van der Waals surface area contributed by atoms with Crippen LogP contribution in [0.4, 0.5) is 5.69 Å². The van der Waals surface area contributed by atoms with Gasteiger partial charge < -0.3 is 5.73 Å². The number of benzene rings is 1. The van der Waals surface area contributed by atoms with Crippen LogP contribution >= 0.6 is 11.9 Å². The molecule has 0 atom stereocenters. The molecule has 0 aliphatic rings. The zero-order chi connectivity index (χ0) is 7.98. The molecule has 0 amide bonds. The van der Waals surface area contributed by atoms with Gasteiger partial charge in [-0.1, -0.05) is 17.7 Å². The summed E-state index contributed by atoms with van der Waals surface area (Å²) in [6.07, 6.45) is 0. The van der Waals surface area contributed by atoms with Crippen molar-refractivity contribution < 1.29 is 4.66 Å². The lowest BCUT2D eigenvalue weighted by Gasteiger charge is -1.90. The van der Waals surface area contributed by atoms with Gasteiger partial charge in [-0.2, -0.15) is 0 Å². The smallest absolute Gasteiger partial charge is 0.0579 e. The van der Waals surface area contributed by atoms with E-state index in [9.17, 15) is 0 Å². The quantitative estimate of drug-likeness (QED) is 0.567. The van der Waals surface area contributed by atoms with Crippen LogP contribution in [-0.2, 0) is 0 Å². The van der Waals surface area contributed by atoms with Gasteiger partial charge in [0.05, 0.1) is 11.9 Å². The normalized spacial score (nSPS) is 7.90. The Morgan fingerprint density at radius 2 is 1.60 bits per heavy atom. The summed E-state index contributed by atoms with van der Waals surface area (Å²) >= 11 is 3.64. The first-order valence-corrected chi connectivity index (χ1v) is 3.12. The van der Waals surface area contributed by atoms with Gasteiger partial charge in [-0.25, -0.2) is 0 Å². The number of aryl methyl sites for hydroxylation is 1. The lowest BCUT2D eigenvalue weighted by molar-refractivity contribution is 0.632. The van der Waals surface area contributed by atoms with Crippen LogP contribution in [0.2, 0.25) is 0 Å². The van der Waals surface area contributed by atoms with Crippen molar-refractivity contribution in [3.8, 4) is 0 Å². The largest absolute Gasteiger partial charge is 0.399 e. The molecular weight excluding hydrogens is 150 g/mol. The average Bonchev–Trinajstić information content (AvgIpc) is 2.00. The Bertz CT molecular complexity index is 152. The Morgan fingerprint density at radius 3 is 1.90 bits per heavy atom. The molecule has 0 radical (unpaired) electrons. The van der Waals surface area contributed by atoms with Gasteiger partial charge in [0.1, 0.15) is 0 Å². The van der Waals surface area contributed by atoms with Crippen LogP contribution in [0.3, 0.4) is 0 Å². The van der Waals surface area contributed by atoms with E-state index in [4.69, 9.17) is 10.4 Å². The molecule has 56 valence electrons. The summed E-state index contributed by atoms with van der Waals surface area (Å²) in [7, 11) is 0. The highest BCUT2D eigenvalue weighted by atomic mass is 35.5. The Hall–Kier alpha value is -0.730. The molecule has 0 aliphatic heterocycles. The molecule has 1 rings (SSSR count). The molecule has 1 aromatic carbocycles. The summed E-state index contributed by atoms with van der Waals surface area (Å²) in [5, 5.41) is 0. The van der Waals surface area contributed by atoms with Crippen LogP contribution < -0.4 is 5.73 Å². The Kier molecular flexibility index (Phi) is 4.72. The van der Waals surface area contributed by atoms with E-state index in [1.807, 2.05) is 31.2 Å². The van der Waals surface area contributed by atoms with Gasteiger partial charge in [-0.15, -0.1) is 0 Å². The van der Waals surface area contributed by atoms with E-state index in [-0.39, 0.29) is 0 Å². The second-order valence-corrected chi connectivity index (χ2v) is 1.91. The fraction of sp³-hybridized carbons (Fsp3) is 0.143. The molecule has 3 heteroatoms. The first kappa shape index (κ1) is 9.27. The van der Waals surface area contributed by atoms with E-state index in [0.29, 0.717) is 0 Å². The number of halogens is 1. The van der Waals surface area contributed by atoms with Crippen molar-refractivity contribution in [3.63, 3.8) is 0 Å². The third-order valence-corrected chi connectivity index (χ3v) is 1.08. The maximum Gasteiger partial charge on any atom is 0.0579 e. The van der Waals surface area contributed by atoms with Gasteiger partial charge in [0, 0.05) is 5.69 Å². The van der Waals surface area contributed by atoms with Gasteiger partial charge in [0.2, 0.25) is 0 Å². The van der Waals surface area contributed by atoms with Crippen molar-refractivity contribution in [2.24, 2.45) is 0 Å². The van der Waals surface area contributed by atoms with Crippen LogP contribution in [0.25, 0.3) is 0 Å². The number of nitrogen functional groups attached to an aromatic ring is 1. The minimum atomic E-state index is 0.829.